The zero-order valence-electron chi connectivity index (χ0n) is 27.1. The van der Waals surface area contributed by atoms with Crippen molar-refractivity contribution < 1.29 is 29.0 Å². The van der Waals surface area contributed by atoms with Crippen molar-refractivity contribution in [1.82, 2.24) is 10.6 Å². The number of unbranched alkanes of at least 4 members (excludes halogenated alkanes) is 1. The predicted octanol–water partition coefficient (Wildman–Crippen LogP) is 3.67. The number of hydrogen-bond acceptors (Lipinski definition) is 7. The van der Waals surface area contributed by atoms with Crippen molar-refractivity contribution in [2.75, 3.05) is 26.9 Å². The second-order valence-corrected chi connectivity index (χ2v) is 12.1. The number of carbonyl (C=O) groups is 3. The fraction of sp³-hybridized carbons (Fsp3) is 0.719. The lowest BCUT2D eigenvalue weighted by molar-refractivity contribution is -0.132. The molecule has 0 radical (unpaired) electrons. The molecule has 7 N–H and O–H groups in total. The number of amides is 3. The standard InChI is InChI=1S/C32H56N4O6.ClH/c1-8-22(6)29(30(34)38)36-32(40)25(21(4)5)18-27(37)26(33)17-23(20(2)3)19-35-31(39)24-13-9-10-14-28(24)42-16-12-11-15-41-7;/h9-10,13-14,20-23,25-27,29,37H,8,11-12,15-19,33H2,1-7H3,(H2,34,38)(H,35,39)(H,36,40);1H. The lowest BCUT2D eigenvalue weighted by atomic mass is 9.83. The van der Waals surface area contributed by atoms with Gasteiger partial charge in [-0.1, -0.05) is 60.1 Å². The lowest BCUT2D eigenvalue weighted by Gasteiger charge is -2.31. The van der Waals surface area contributed by atoms with E-state index in [0.29, 0.717) is 43.9 Å². The Bertz CT molecular complexity index is 964. The van der Waals surface area contributed by atoms with Gasteiger partial charge in [-0.25, -0.2) is 0 Å². The van der Waals surface area contributed by atoms with Gasteiger partial charge >= 0.3 is 0 Å². The highest BCUT2D eigenvalue weighted by atomic mass is 35.5. The largest absolute Gasteiger partial charge is 0.493 e. The summed E-state index contributed by atoms with van der Waals surface area (Å²) in [5.41, 5.74) is 12.5. The molecule has 3 amide bonds. The zero-order valence-corrected chi connectivity index (χ0v) is 28.0. The zero-order chi connectivity index (χ0) is 31.8. The summed E-state index contributed by atoms with van der Waals surface area (Å²) in [6.07, 6.45) is 2.06. The molecule has 0 aliphatic rings. The first-order valence-electron chi connectivity index (χ1n) is 15.4. The maximum Gasteiger partial charge on any atom is 0.255 e. The van der Waals surface area contributed by atoms with Crippen LogP contribution in [0.5, 0.6) is 5.75 Å². The van der Waals surface area contributed by atoms with Gasteiger partial charge in [0.2, 0.25) is 11.8 Å². The Morgan fingerprint density at radius 3 is 2.16 bits per heavy atom. The fourth-order valence-electron chi connectivity index (χ4n) is 4.83. The second kappa shape index (κ2) is 21.3. The summed E-state index contributed by atoms with van der Waals surface area (Å²) in [4.78, 5) is 38.1. The van der Waals surface area contributed by atoms with Gasteiger partial charge in [0.15, 0.2) is 0 Å². The number of carbonyl (C=O) groups excluding carboxylic acids is 3. The third-order valence-corrected chi connectivity index (χ3v) is 8.12. The van der Waals surface area contributed by atoms with Crippen LogP contribution in [0.2, 0.25) is 0 Å². The van der Waals surface area contributed by atoms with E-state index in [-0.39, 0.29) is 54.3 Å². The molecule has 0 spiro atoms. The van der Waals surface area contributed by atoms with Crippen LogP contribution in [0.3, 0.4) is 0 Å². The molecule has 1 aromatic carbocycles. The summed E-state index contributed by atoms with van der Waals surface area (Å²) in [6.45, 7) is 13.2. The minimum absolute atomic E-state index is 0. The smallest absolute Gasteiger partial charge is 0.255 e. The SMILES string of the molecule is CCC(C)C(NC(=O)C(CC(O)C(N)CC(CNC(=O)c1ccccc1OCCCCOC)C(C)C)C(C)C)C(N)=O.Cl. The highest BCUT2D eigenvalue weighted by Crippen LogP contribution is 2.24. The molecule has 0 aliphatic carbocycles. The Labute approximate surface area is 264 Å². The number of halogens is 1. The van der Waals surface area contributed by atoms with Crippen molar-refractivity contribution in [1.29, 1.82) is 0 Å². The van der Waals surface area contributed by atoms with Crippen LogP contribution in [0.1, 0.15) is 84.0 Å². The first-order valence-corrected chi connectivity index (χ1v) is 15.4. The third kappa shape index (κ3) is 14.3. The first-order chi connectivity index (χ1) is 19.8. The normalized spacial score (nSPS) is 15.5. The van der Waals surface area contributed by atoms with Gasteiger partial charge in [0.25, 0.3) is 5.91 Å². The number of aliphatic hydroxyl groups is 1. The summed E-state index contributed by atoms with van der Waals surface area (Å²) in [6, 6.07) is 5.78. The number of methoxy groups -OCH3 is 1. The van der Waals surface area contributed by atoms with Crippen molar-refractivity contribution in [3.8, 4) is 5.75 Å². The maximum atomic E-state index is 13.1. The van der Waals surface area contributed by atoms with Crippen molar-refractivity contribution in [3.63, 3.8) is 0 Å². The number of primary amides is 1. The molecule has 6 atom stereocenters. The van der Waals surface area contributed by atoms with Gasteiger partial charge in [-0.3, -0.25) is 14.4 Å². The van der Waals surface area contributed by atoms with Crippen LogP contribution in [-0.2, 0) is 14.3 Å². The molecule has 0 fully saturated rings. The summed E-state index contributed by atoms with van der Waals surface area (Å²) in [5.74, 6) is -1.13. The van der Waals surface area contributed by atoms with Crippen LogP contribution < -0.4 is 26.8 Å². The molecule has 248 valence electrons. The van der Waals surface area contributed by atoms with Gasteiger partial charge in [0.05, 0.1) is 18.3 Å². The van der Waals surface area contributed by atoms with E-state index >= 15 is 0 Å². The van der Waals surface area contributed by atoms with Gasteiger partial charge in [-0.2, -0.15) is 0 Å². The molecule has 10 nitrogen and oxygen atoms in total. The minimum atomic E-state index is -0.942. The molecular weight excluding hydrogens is 572 g/mol. The Balaban J connectivity index is 0.0000176. The number of nitrogens with one attached hydrogen (secondary N) is 2. The maximum absolute atomic E-state index is 13.1. The van der Waals surface area contributed by atoms with Crippen LogP contribution in [-0.4, -0.2) is 67.9 Å². The number of aliphatic hydroxyl groups excluding tert-OH is 1. The van der Waals surface area contributed by atoms with Crippen LogP contribution in [0.25, 0.3) is 0 Å². The van der Waals surface area contributed by atoms with Crippen molar-refractivity contribution in [2.24, 2.45) is 41.1 Å². The van der Waals surface area contributed by atoms with E-state index < -0.39 is 30.0 Å². The number of ether oxygens (including phenoxy) is 2. The summed E-state index contributed by atoms with van der Waals surface area (Å²) < 4.78 is 10.9. The summed E-state index contributed by atoms with van der Waals surface area (Å²) in [7, 11) is 1.66. The van der Waals surface area contributed by atoms with Crippen LogP contribution >= 0.6 is 12.4 Å². The summed E-state index contributed by atoms with van der Waals surface area (Å²) >= 11 is 0. The van der Waals surface area contributed by atoms with Crippen molar-refractivity contribution >= 4 is 30.1 Å². The molecule has 0 saturated heterocycles. The Morgan fingerprint density at radius 1 is 0.977 bits per heavy atom. The number of para-hydroxylation sites is 1. The Kier molecular flexibility index (Phi) is 20.1. The van der Waals surface area contributed by atoms with Gasteiger partial charge in [0.1, 0.15) is 11.8 Å². The van der Waals surface area contributed by atoms with E-state index in [1.807, 2.05) is 33.8 Å². The Hall–Kier alpha value is -2.40. The number of hydrogen-bond donors (Lipinski definition) is 5. The highest BCUT2D eigenvalue weighted by molar-refractivity contribution is 5.96. The van der Waals surface area contributed by atoms with Crippen molar-refractivity contribution in [3.05, 3.63) is 29.8 Å². The van der Waals surface area contributed by atoms with E-state index in [1.54, 1.807) is 25.3 Å². The van der Waals surface area contributed by atoms with Crippen LogP contribution in [0.4, 0.5) is 0 Å². The molecule has 1 rings (SSSR count). The number of nitrogens with two attached hydrogens (primary N) is 2. The summed E-state index contributed by atoms with van der Waals surface area (Å²) in [5, 5.41) is 16.8. The van der Waals surface area contributed by atoms with E-state index in [9.17, 15) is 19.5 Å². The van der Waals surface area contributed by atoms with Crippen LogP contribution in [0.15, 0.2) is 24.3 Å². The molecule has 0 bridgehead atoms. The number of benzene rings is 1. The van der Waals surface area contributed by atoms with E-state index in [0.717, 1.165) is 12.8 Å². The Morgan fingerprint density at radius 2 is 1.60 bits per heavy atom. The third-order valence-electron chi connectivity index (χ3n) is 8.12. The van der Waals surface area contributed by atoms with E-state index in [1.165, 1.54) is 0 Å². The molecular formula is C32H57ClN4O6. The molecule has 0 saturated carbocycles. The monoisotopic (exact) mass is 628 g/mol. The minimum Gasteiger partial charge on any atom is -0.493 e. The lowest BCUT2D eigenvalue weighted by Crippen LogP contribution is -2.51. The topological polar surface area (TPSA) is 166 Å². The molecule has 0 aliphatic heterocycles. The number of rotatable bonds is 21. The van der Waals surface area contributed by atoms with Crippen molar-refractivity contribution in [2.45, 2.75) is 91.8 Å². The first kappa shape index (κ1) is 40.6. The second-order valence-electron chi connectivity index (χ2n) is 12.1. The quantitative estimate of drug-likeness (QED) is 0.130. The van der Waals surface area contributed by atoms with Gasteiger partial charge < -0.3 is 36.7 Å². The molecule has 0 heterocycles. The molecule has 0 aromatic heterocycles. The fourth-order valence-corrected chi connectivity index (χ4v) is 4.83. The highest BCUT2D eigenvalue weighted by Gasteiger charge is 2.32. The van der Waals surface area contributed by atoms with Crippen LogP contribution in [0, 0.1) is 29.6 Å². The predicted molar refractivity (Wildman–Crippen MR) is 173 cm³/mol. The van der Waals surface area contributed by atoms with E-state index in [2.05, 4.69) is 24.5 Å². The van der Waals surface area contributed by atoms with E-state index in [4.69, 9.17) is 20.9 Å². The van der Waals surface area contributed by atoms with Gasteiger partial charge in [0, 0.05) is 32.2 Å². The average Bonchev–Trinajstić information content (AvgIpc) is 2.95. The average molecular weight is 629 g/mol. The molecule has 11 heteroatoms. The molecule has 43 heavy (non-hydrogen) atoms. The van der Waals surface area contributed by atoms with Gasteiger partial charge in [-0.05, 0) is 61.5 Å². The van der Waals surface area contributed by atoms with Gasteiger partial charge in [-0.15, -0.1) is 12.4 Å². The molecule has 6 unspecified atom stereocenters. The molecule has 1 aromatic rings.